The number of benzene rings is 2. The highest BCUT2D eigenvalue weighted by atomic mass is 19.4. The van der Waals surface area contributed by atoms with Crippen molar-refractivity contribution in [3.05, 3.63) is 59.2 Å². The summed E-state index contributed by atoms with van der Waals surface area (Å²) in [5.41, 5.74) is 7.54. The van der Waals surface area contributed by atoms with Crippen molar-refractivity contribution in [1.82, 2.24) is 0 Å². The maximum Gasteiger partial charge on any atom is 0.416 e. The van der Waals surface area contributed by atoms with E-state index in [0.29, 0.717) is 18.7 Å². The van der Waals surface area contributed by atoms with Gasteiger partial charge in [0, 0.05) is 23.5 Å². The van der Waals surface area contributed by atoms with Crippen LogP contribution in [0.2, 0.25) is 0 Å². The van der Waals surface area contributed by atoms with Gasteiger partial charge in [-0.3, -0.25) is 4.79 Å². The lowest BCUT2D eigenvalue weighted by atomic mass is 10.1. The zero-order valence-electron chi connectivity index (χ0n) is 11.5. The molecule has 0 atom stereocenters. The van der Waals surface area contributed by atoms with Crippen LogP contribution >= 0.6 is 0 Å². The van der Waals surface area contributed by atoms with E-state index in [1.807, 2.05) is 6.07 Å². The molecule has 0 aliphatic carbocycles. The predicted octanol–water partition coefficient (Wildman–Crippen LogP) is 3.49. The van der Waals surface area contributed by atoms with Crippen LogP contribution in [0.5, 0.6) is 0 Å². The zero-order valence-corrected chi connectivity index (χ0v) is 11.5. The molecule has 114 valence electrons. The van der Waals surface area contributed by atoms with Crippen molar-refractivity contribution < 1.29 is 18.0 Å². The van der Waals surface area contributed by atoms with Gasteiger partial charge in [-0.25, -0.2) is 0 Å². The van der Waals surface area contributed by atoms with Gasteiger partial charge in [0.05, 0.1) is 5.56 Å². The first-order valence-corrected chi connectivity index (χ1v) is 6.74. The lowest BCUT2D eigenvalue weighted by Gasteiger charge is -2.18. The second-order valence-electron chi connectivity index (χ2n) is 5.17. The third-order valence-electron chi connectivity index (χ3n) is 3.70. The average molecular weight is 306 g/mol. The fraction of sp³-hybridized carbons (Fsp3) is 0.188. The van der Waals surface area contributed by atoms with Gasteiger partial charge in [0.2, 0.25) is 0 Å². The second-order valence-corrected chi connectivity index (χ2v) is 5.17. The number of halogens is 3. The summed E-state index contributed by atoms with van der Waals surface area (Å²) in [6.07, 6.45) is -3.72. The standard InChI is InChI=1S/C16H13F3N2O/c17-16(18,19)12-3-1-10(2-4-12)15(22)21-8-7-11-9-13(20)5-6-14(11)21/h1-6,9H,7-8,20H2. The first-order chi connectivity index (χ1) is 10.4. The van der Waals surface area contributed by atoms with Gasteiger partial charge in [-0.05, 0) is 54.4 Å². The van der Waals surface area contributed by atoms with Crippen molar-refractivity contribution in [3.8, 4) is 0 Å². The normalized spacial score (nSPS) is 14.0. The van der Waals surface area contributed by atoms with Gasteiger partial charge in [0.25, 0.3) is 5.91 Å². The van der Waals surface area contributed by atoms with E-state index >= 15 is 0 Å². The van der Waals surface area contributed by atoms with Crippen LogP contribution in [0.15, 0.2) is 42.5 Å². The largest absolute Gasteiger partial charge is 0.416 e. The van der Waals surface area contributed by atoms with E-state index < -0.39 is 11.7 Å². The smallest absolute Gasteiger partial charge is 0.399 e. The van der Waals surface area contributed by atoms with Gasteiger partial charge in [0.15, 0.2) is 0 Å². The van der Waals surface area contributed by atoms with Gasteiger partial charge in [-0.15, -0.1) is 0 Å². The Balaban J connectivity index is 1.87. The fourth-order valence-electron chi connectivity index (χ4n) is 2.59. The fourth-order valence-corrected chi connectivity index (χ4v) is 2.59. The van der Waals surface area contributed by atoms with Crippen LogP contribution in [0.1, 0.15) is 21.5 Å². The van der Waals surface area contributed by atoms with Crippen LogP contribution in [0.4, 0.5) is 24.5 Å². The van der Waals surface area contributed by atoms with Crippen LogP contribution in [0, 0.1) is 0 Å². The first kappa shape index (κ1) is 14.4. The predicted molar refractivity (Wildman–Crippen MR) is 77.7 cm³/mol. The SMILES string of the molecule is Nc1ccc2c(c1)CCN2C(=O)c1ccc(C(F)(F)F)cc1. The van der Waals surface area contributed by atoms with Crippen molar-refractivity contribution in [2.45, 2.75) is 12.6 Å². The molecular weight excluding hydrogens is 293 g/mol. The Hall–Kier alpha value is -2.50. The van der Waals surface area contributed by atoms with Gasteiger partial charge in [0.1, 0.15) is 0 Å². The number of fused-ring (bicyclic) bond motifs is 1. The maximum absolute atomic E-state index is 12.5. The highest BCUT2D eigenvalue weighted by Crippen LogP contribution is 2.32. The Bertz CT molecular complexity index is 723. The van der Waals surface area contributed by atoms with Crippen LogP contribution in [-0.2, 0) is 12.6 Å². The summed E-state index contributed by atoms with van der Waals surface area (Å²) in [6, 6.07) is 9.55. The topological polar surface area (TPSA) is 46.3 Å². The third-order valence-corrected chi connectivity index (χ3v) is 3.70. The maximum atomic E-state index is 12.5. The number of hydrogen-bond donors (Lipinski definition) is 1. The Morgan fingerprint density at radius 3 is 2.41 bits per heavy atom. The molecule has 0 saturated carbocycles. The van der Waals surface area contributed by atoms with Crippen LogP contribution in [0.25, 0.3) is 0 Å². The Morgan fingerprint density at radius 2 is 1.77 bits per heavy atom. The highest BCUT2D eigenvalue weighted by molar-refractivity contribution is 6.07. The number of nitrogen functional groups attached to an aromatic ring is 1. The number of alkyl halides is 3. The molecule has 2 aromatic carbocycles. The molecule has 0 saturated heterocycles. The van der Waals surface area contributed by atoms with E-state index in [2.05, 4.69) is 0 Å². The minimum absolute atomic E-state index is 0.234. The summed E-state index contributed by atoms with van der Waals surface area (Å²) in [5, 5.41) is 0. The van der Waals surface area contributed by atoms with E-state index in [-0.39, 0.29) is 11.5 Å². The summed E-state index contributed by atoms with van der Waals surface area (Å²) in [6.45, 7) is 0.499. The molecule has 0 spiro atoms. The second kappa shape index (κ2) is 5.05. The summed E-state index contributed by atoms with van der Waals surface area (Å²) < 4.78 is 37.6. The Kier molecular flexibility index (Phi) is 3.31. The van der Waals surface area contributed by atoms with E-state index in [1.165, 1.54) is 12.1 Å². The number of nitrogens with zero attached hydrogens (tertiary/aromatic N) is 1. The molecule has 0 bridgehead atoms. The lowest BCUT2D eigenvalue weighted by Crippen LogP contribution is -2.28. The van der Waals surface area contributed by atoms with Crippen LogP contribution < -0.4 is 10.6 Å². The minimum Gasteiger partial charge on any atom is -0.399 e. The molecule has 22 heavy (non-hydrogen) atoms. The number of anilines is 2. The molecular formula is C16H13F3N2O. The van der Waals surface area contributed by atoms with Crippen molar-refractivity contribution in [1.29, 1.82) is 0 Å². The molecule has 3 rings (SSSR count). The molecule has 1 aliphatic heterocycles. The average Bonchev–Trinajstić information content (AvgIpc) is 2.88. The van der Waals surface area contributed by atoms with E-state index in [0.717, 1.165) is 23.4 Å². The summed E-state index contributed by atoms with van der Waals surface area (Å²) in [4.78, 5) is 14.0. The summed E-state index contributed by atoms with van der Waals surface area (Å²) in [7, 11) is 0. The Morgan fingerprint density at radius 1 is 1.09 bits per heavy atom. The van der Waals surface area contributed by atoms with Crippen molar-refractivity contribution >= 4 is 17.3 Å². The monoisotopic (exact) mass is 306 g/mol. The van der Waals surface area contributed by atoms with Gasteiger partial charge in [-0.1, -0.05) is 0 Å². The quantitative estimate of drug-likeness (QED) is 0.820. The number of hydrogen-bond acceptors (Lipinski definition) is 2. The third kappa shape index (κ3) is 2.52. The molecule has 0 fully saturated rings. The summed E-state index contributed by atoms with van der Waals surface area (Å²) >= 11 is 0. The number of carbonyl (C=O) groups excluding carboxylic acids is 1. The molecule has 2 N–H and O–H groups in total. The molecule has 1 aliphatic rings. The highest BCUT2D eigenvalue weighted by Gasteiger charge is 2.31. The molecule has 1 amide bonds. The molecule has 0 unspecified atom stereocenters. The number of amides is 1. The van der Waals surface area contributed by atoms with Crippen LogP contribution in [0.3, 0.4) is 0 Å². The number of rotatable bonds is 1. The minimum atomic E-state index is -4.40. The van der Waals surface area contributed by atoms with E-state index in [9.17, 15) is 18.0 Å². The molecule has 1 heterocycles. The zero-order chi connectivity index (χ0) is 15.9. The van der Waals surface area contributed by atoms with E-state index in [4.69, 9.17) is 5.73 Å². The Labute approximate surface area is 125 Å². The number of nitrogens with two attached hydrogens (primary N) is 1. The summed E-state index contributed by atoms with van der Waals surface area (Å²) in [5.74, 6) is -0.308. The first-order valence-electron chi connectivity index (χ1n) is 6.74. The van der Waals surface area contributed by atoms with Crippen molar-refractivity contribution in [2.75, 3.05) is 17.2 Å². The molecule has 6 heteroatoms. The van der Waals surface area contributed by atoms with Crippen molar-refractivity contribution in [2.24, 2.45) is 0 Å². The van der Waals surface area contributed by atoms with Crippen molar-refractivity contribution in [3.63, 3.8) is 0 Å². The lowest BCUT2D eigenvalue weighted by molar-refractivity contribution is -0.137. The van der Waals surface area contributed by atoms with Gasteiger partial charge in [-0.2, -0.15) is 13.2 Å². The molecule has 3 nitrogen and oxygen atoms in total. The number of carbonyl (C=O) groups is 1. The molecule has 2 aromatic rings. The van der Waals surface area contributed by atoms with E-state index in [1.54, 1.807) is 17.0 Å². The molecule has 0 aromatic heterocycles. The van der Waals surface area contributed by atoms with Crippen LogP contribution in [-0.4, -0.2) is 12.5 Å². The van der Waals surface area contributed by atoms with Gasteiger partial charge < -0.3 is 10.6 Å². The van der Waals surface area contributed by atoms with Gasteiger partial charge >= 0.3 is 6.18 Å². The molecule has 0 radical (unpaired) electrons.